The van der Waals surface area contributed by atoms with Gasteiger partial charge < -0.3 is 0 Å². The van der Waals surface area contributed by atoms with Crippen molar-refractivity contribution in [1.82, 2.24) is 5.01 Å². The maximum Gasteiger partial charge on any atom is 0.316 e. The van der Waals surface area contributed by atoms with E-state index in [1.54, 1.807) is 6.92 Å². The van der Waals surface area contributed by atoms with Gasteiger partial charge in [0.1, 0.15) is 5.71 Å². The summed E-state index contributed by atoms with van der Waals surface area (Å²) in [7, 11) is 0. The number of rotatable bonds is 0. The van der Waals surface area contributed by atoms with Crippen LogP contribution < -0.4 is 0 Å². The minimum absolute atomic E-state index is 0.273. The van der Waals surface area contributed by atoms with Crippen LogP contribution in [0.15, 0.2) is 5.10 Å². The Labute approximate surface area is 71.2 Å². The summed E-state index contributed by atoms with van der Waals surface area (Å²) < 4.78 is 0. The SMILES string of the molecule is CC1=NN(C(C)(C)C)C(=O)C1=O. The Balaban J connectivity index is 2.99. The van der Waals surface area contributed by atoms with Crippen LogP contribution in [0.3, 0.4) is 0 Å². The van der Waals surface area contributed by atoms with Gasteiger partial charge in [0.2, 0.25) is 0 Å². The number of hydrazone groups is 1. The van der Waals surface area contributed by atoms with Crippen molar-refractivity contribution in [3.8, 4) is 0 Å². The zero-order chi connectivity index (χ0) is 9.52. The van der Waals surface area contributed by atoms with Gasteiger partial charge in [0.05, 0.1) is 5.54 Å². The molecule has 0 aliphatic carbocycles. The van der Waals surface area contributed by atoms with Gasteiger partial charge in [-0.3, -0.25) is 9.59 Å². The first kappa shape index (κ1) is 8.90. The molecule has 1 aliphatic rings. The summed E-state index contributed by atoms with van der Waals surface area (Å²) in [6, 6.07) is 0. The summed E-state index contributed by atoms with van der Waals surface area (Å²) >= 11 is 0. The number of hydrogen-bond donors (Lipinski definition) is 0. The van der Waals surface area contributed by atoms with Crippen LogP contribution in [0.25, 0.3) is 0 Å². The molecule has 66 valence electrons. The monoisotopic (exact) mass is 168 g/mol. The maximum atomic E-state index is 11.2. The van der Waals surface area contributed by atoms with Crippen molar-refractivity contribution >= 4 is 17.4 Å². The van der Waals surface area contributed by atoms with Crippen molar-refractivity contribution < 1.29 is 9.59 Å². The van der Waals surface area contributed by atoms with E-state index in [9.17, 15) is 9.59 Å². The number of carbonyl (C=O) groups excluding carboxylic acids is 2. The van der Waals surface area contributed by atoms with Gasteiger partial charge in [-0.15, -0.1) is 0 Å². The van der Waals surface area contributed by atoms with Crippen LogP contribution in [-0.4, -0.2) is 27.9 Å². The van der Waals surface area contributed by atoms with E-state index < -0.39 is 17.2 Å². The molecule has 0 saturated heterocycles. The highest BCUT2D eigenvalue weighted by atomic mass is 16.2. The van der Waals surface area contributed by atoms with Crippen molar-refractivity contribution in [2.45, 2.75) is 33.2 Å². The highest BCUT2D eigenvalue weighted by Crippen LogP contribution is 2.18. The smallest absolute Gasteiger partial charge is 0.282 e. The molecule has 1 heterocycles. The van der Waals surface area contributed by atoms with Crippen LogP contribution >= 0.6 is 0 Å². The topological polar surface area (TPSA) is 49.7 Å². The van der Waals surface area contributed by atoms with E-state index in [0.717, 1.165) is 0 Å². The highest BCUT2D eigenvalue weighted by molar-refractivity contribution is 6.66. The minimum atomic E-state index is -0.528. The largest absolute Gasteiger partial charge is 0.316 e. The number of Topliss-reactive ketones (excluding diaryl/α,β-unsaturated/α-hetero) is 1. The molecule has 0 spiro atoms. The van der Waals surface area contributed by atoms with E-state index in [2.05, 4.69) is 5.10 Å². The van der Waals surface area contributed by atoms with Crippen LogP contribution in [0.5, 0.6) is 0 Å². The molecule has 0 fully saturated rings. The van der Waals surface area contributed by atoms with Gasteiger partial charge in [-0.25, -0.2) is 5.01 Å². The first-order chi connectivity index (χ1) is 5.34. The van der Waals surface area contributed by atoms with Crippen LogP contribution in [0.2, 0.25) is 0 Å². The van der Waals surface area contributed by atoms with Crippen molar-refractivity contribution in [3.63, 3.8) is 0 Å². The lowest BCUT2D eigenvalue weighted by Crippen LogP contribution is -2.41. The molecule has 0 bridgehead atoms. The molecule has 1 amide bonds. The fourth-order valence-corrected chi connectivity index (χ4v) is 0.946. The normalized spacial score (nSPS) is 18.7. The molecule has 4 nitrogen and oxygen atoms in total. The Morgan fingerprint density at radius 3 is 1.92 bits per heavy atom. The fraction of sp³-hybridized carbons (Fsp3) is 0.625. The highest BCUT2D eigenvalue weighted by Gasteiger charge is 2.37. The van der Waals surface area contributed by atoms with Gasteiger partial charge in [-0.05, 0) is 27.7 Å². The van der Waals surface area contributed by atoms with Crippen LogP contribution in [0.1, 0.15) is 27.7 Å². The molecular formula is C8H12N2O2. The molecule has 0 saturated carbocycles. The van der Waals surface area contributed by atoms with Gasteiger partial charge in [-0.2, -0.15) is 5.10 Å². The molecule has 12 heavy (non-hydrogen) atoms. The Morgan fingerprint density at radius 2 is 1.75 bits per heavy atom. The second kappa shape index (κ2) is 2.40. The van der Waals surface area contributed by atoms with Crippen LogP contribution in [-0.2, 0) is 9.59 Å². The minimum Gasteiger partial charge on any atom is -0.282 e. The quantitative estimate of drug-likeness (QED) is 0.496. The van der Waals surface area contributed by atoms with Crippen LogP contribution in [0, 0.1) is 0 Å². The molecule has 0 aromatic heterocycles. The molecule has 0 N–H and O–H groups in total. The zero-order valence-electron chi connectivity index (χ0n) is 7.71. The number of hydrogen-bond acceptors (Lipinski definition) is 3. The maximum absolute atomic E-state index is 11.2. The third kappa shape index (κ3) is 1.24. The summed E-state index contributed by atoms with van der Waals surface area (Å²) in [6.45, 7) is 7.05. The third-order valence-electron chi connectivity index (χ3n) is 1.60. The predicted molar refractivity (Wildman–Crippen MR) is 44.7 cm³/mol. The lowest BCUT2D eigenvalue weighted by atomic mass is 10.1. The van der Waals surface area contributed by atoms with Crippen LogP contribution in [0.4, 0.5) is 0 Å². The Bertz CT molecular complexity index is 273. The second-order valence-corrected chi connectivity index (χ2v) is 3.80. The molecule has 0 aromatic carbocycles. The number of amides is 1. The Hall–Kier alpha value is -1.19. The second-order valence-electron chi connectivity index (χ2n) is 3.80. The number of nitrogens with zero attached hydrogens (tertiary/aromatic N) is 2. The number of carbonyl (C=O) groups is 2. The first-order valence-electron chi connectivity index (χ1n) is 3.78. The number of ketones is 1. The summed E-state index contributed by atoms with van der Waals surface area (Å²) in [5, 5.41) is 5.10. The van der Waals surface area contributed by atoms with Gasteiger partial charge in [0.25, 0.3) is 5.78 Å². The lowest BCUT2D eigenvalue weighted by molar-refractivity contribution is -0.142. The molecule has 0 unspecified atom stereocenters. The summed E-state index contributed by atoms with van der Waals surface area (Å²) in [5.74, 6) is -1.02. The van der Waals surface area contributed by atoms with Crippen molar-refractivity contribution in [2.24, 2.45) is 5.10 Å². The Kier molecular flexibility index (Phi) is 1.78. The van der Waals surface area contributed by atoms with E-state index in [1.807, 2.05) is 20.8 Å². The standard InChI is InChI=1S/C8H12N2O2/c1-5-6(11)7(12)10(9-5)8(2,3)4/h1-4H3. The predicted octanol–water partition coefficient (Wildman–Crippen LogP) is 0.572. The molecule has 0 aromatic rings. The molecular weight excluding hydrogens is 156 g/mol. The van der Waals surface area contributed by atoms with Crippen molar-refractivity contribution in [3.05, 3.63) is 0 Å². The average Bonchev–Trinajstić information content (AvgIpc) is 2.15. The van der Waals surface area contributed by atoms with E-state index >= 15 is 0 Å². The summed E-state index contributed by atoms with van der Waals surface area (Å²) in [5.41, 5.74) is -0.139. The van der Waals surface area contributed by atoms with Gasteiger partial charge >= 0.3 is 5.91 Å². The lowest BCUT2D eigenvalue weighted by Gasteiger charge is -2.26. The van der Waals surface area contributed by atoms with Gasteiger partial charge in [-0.1, -0.05) is 0 Å². The van der Waals surface area contributed by atoms with Crippen molar-refractivity contribution in [1.29, 1.82) is 0 Å². The zero-order valence-corrected chi connectivity index (χ0v) is 7.71. The summed E-state index contributed by atoms with van der Waals surface area (Å²) in [4.78, 5) is 22.3. The van der Waals surface area contributed by atoms with Gasteiger partial charge in [0.15, 0.2) is 0 Å². The van der Waals surface area contributed by atoms with E-state index in [4.69, 9.17) is 0 Å². The first-order valence-corrected chi connectivity index (χ1v) is 3.78. The van der Waals surface area contributed by atoms with E-state index in [0.29, 0.717) is 0 Å². The van der Waals surface area contributed by atoms with Gasteiger partial charge in [0, 0.05) is 0 Å². The Morgan fingerprint density at radius 1 is 1.25 bits per heavy atom. The average molecular weight is 168 g/mol. The van der Waals surface area contributed by atoms with E-state index in [-0.39, 0.29) is 5.71 Å². The fourth-order valence-electron chi connectivity index (χ4n) is 0.946. The third-order valence-corrected chi connectivity index (χ3v) is 1.60. The molecule has 0 atom stereocenters. The molecule has 1 aliphatic heterocycles. The molecule has 0 radical (unpaired) electrons. The molecule has 1 rings (SSSR count). The summed E-state index contributed by atoms with van der Waals surface area (Å²) in [6.07, 6.45) is 0. The van der Waals surface area contributed by atoms with E-state index in [1.165, 1.54) is 5.01 Å². The van der Waals surface area contributed by atoms with Crippen molar-refractivity contribution in [2.75, 3.05) is 0 Å². The molecule has 4 heteroatoms.